The molecular weight excluding hydrogens is 256 g/mol. The Labute approximate surface area is 130 Å². The van der Waals surface area contributed by atoms with Crippen LogP contribution in [0.4, 0.5) is 0 Å². The highest BCUT2D eigenvalue weighted by Crippen LogP contribution is 2.32. The molecule has 0 aromatic heterocycles. The Hall–Kier alpha value is -0.860. The smallest absolute Gasteiger partial charge is 0.0227 e. The second-order valence-corrected chi connectivity index (χ2v) is 7.09. The molecule has 1 aromatic rings. The van der Waals surface area contributed by atoms with E-state index in [-0.39, 0.29) is 0 Å². The highest BCUT2D eigenvalue weighted by atomic mass is 15.2. The van der Waals surface area contributed by atoms with Crippen molar-refractivity contribution < 1.29 is 0 Å². The van der Waals surface area contributed by atoms with E-state index in [1.54, 1.807) is 0 Å². The maximum absolute atomic E-state index is 6.13. The third kappa shape index (κ3) is 5.12. The second-order valence-electron chi connectivity index (χ2n) is 7.09. The largest absolute Gasteiger partial charge is 0.329 e. The Morgan fingerprint density at radius 1 is 1.14 bits per heavy atom. The first-order chi connectivity index (χ1) is 10.1. The molecule has 0 radical (unpaired) electrons. The monoisotopic (exact) mass is 288 g/mol. The summed E-state index contributed by atoms with van der Waals surface area (Å²) in [4.78, 5) is 2.71. The fourth-order valence-corrected chi connectivity index (χ4v) is 3.17. The Bertz CT molecular complexity index is 397. The van der Waals surface area contributed by atoms with Gasteiger partial charge in [-0.1, -0.05) is 51.1 Å². The summed E-state index contributed by atoms with van der Waals surface area (Å²) in [6, 6.07) is 12.2. The molecule has 0 heterocycles. The lowest BCUT2D eigenvalue weighted by atomic mass is 9.93. The van der Waals surface area contributed by atoms with Gasteiger partial charge in [0.1, 0.15) is 0 Å². The third-order valence-corrected chi connectivity index (χ3v) is 4.72. The van der Waals surface area contributed by atoms with E-state index in [0.717, 1.165) is 18.5 Å². The Morgan fingerprint density at radius 3 is 2.33 bits per heavy atom. The molecule has 0 amide bonds. The van der Waals surface area contributed by atoms with E-state index in [4.69, 9.17) is 5.73 Å². The molecule has 118 valence electrons. The van der Waals surface area contributed by atoms with Crippen LogP contribution in [-0.2, 0) is 0 Å². The summed E-state index contributed by atoms with van der Waals surface area (Å²) < 4.78 is 0. The SMILES string of the molecule is CC(C)CCN(C1CC1)C(CN)CC(C)c1ccccc1. The molecule has 0 saturated heterocycles. The first-order valence-corrected chi connectivity index (χ1v) is 8.62. The van der Waals surface area contributed by atoms with Crippen LogP contribution in [0.3, 0.4) is 0 Å². The van der Waals surface area contributed by atoms with Crippen LogP contribution in [0.5, 0.6) is 0 Å². The molecule has 1 aromatic carbocycles. The van der Waals surface area contributed by atoms with Crippen molar-refractivity contribution in [3.05, 3.63) is 35.9 Å². The summed E-state index contributed by atoms with van der Waals surface area (Å²) in [6.45, 7) is 8.97. The van der Waals surface area contributed by atoms with Crippen molar-refractivity contribution in [2.24, 2.45) is 11.7 Å². The first kappa shape index (κ1) is 16.5. The number of benzene rings is 1. The van der Waals surface area contributed by atoms with Gasteiger partial charge in [0.05, 0.1) is 0 Å². The maximum Gasteiger partial charge on any atom is 0.0227 e. The van der Waals surface area contributed by atoms with E-state index in [2.05, 4.69) is 56.0 Å². The van der Waals surface area contributed by atoms with Gasteiger partial charge in [0.2, 0.25) is 0 Å². The van der Waals surface area contributed by atoms with Gasteiger partial charge in [-0.25, -0.2) is 0 Å². The zero-order chi connectivity index (χ0) is 15.2. The molecule has 0 aliphatic heterocycles. The van der Waals surface area contributed by atoms with E-state index < -0.39 is 0 Å². The van der Waals surface area contributed by atoms with Crippen LogP contribution in [-0.4, -0.2) is 30.1 Å². The summed E-state index contributed by atoms with van der Waals surface area (Å²) in [7, 11) is 0. The lowest BCUT2D eigenvalue weighted by Crippen LogP contribution is -2.43. The topological polar surface area (TPSA) is 29.3 Å². The van der Waals surface area contributed by atoms with Crippen molar-refractivity contribution in [2.75, 3.05) is 13.1 Å². The van der Waals surface area contributed by atoms with Crippen molar-refractivity contribution in [1.82, 2.24) is 4.90 Å². The highest BCUT2D eigenvalue weighted by molar-refractivity contribution is 5.19. The second kappa shape index (κ2) is 7.95. The number of rotatable bonds is 9. The molecule has 2 unspecified atom stereocenters. The summed E-state index contributed by atoms with van der Waals surface area (Å²) in [5, 5.41) is 0. The normalized spacial score (nSPS) is 18.2. The molecule has 2 nitrogen and oxygen atoms in total. The molecule has 2 atom stereocenters. The molecule has 0 spiro atoms. The standard InChI is InChI=1S/C19H32N2/c1-15(2)11-12-21(18-9-10-18)19(14-20)13-16(3)17-7-5-4-6-8-17/h4-8,15-16,18-19H,9-14,20H2,1-3H3. The van der Waals surface area contributed by atoms with Crippen LogP contribution >= 0.6 is 0 Å². The molecule has 2 heteroatoms. The molecule has 1 fully saturated rings. The van der Waals surface area contributed by atoms with Gasteiger partial charge in [0.25, 0.3) is 0 Å². The lowest BCUT2D eigenvalue weighted by Gasteiger charge is -2.33. The van der Waals surface area contributed by atoms with Crippen LogP contribution in [0.25, 0.3) is 0 Å². The molecule has 1 aliphatic carbocycles. The van der Waals surface area contributed by atoms with Crippen molar-refractivity contribution in [3.63, 3.8) is 0 Å². The Morgan fingerprint density at radius 2 is 1.81 bits per heavy atom. The van der Waals surface area contributed by atoms with E-state index in [1.807, 2.05) is 0 Å². The summed E-state index contributed by atoms with van der Waals surface area (Å²) >= 11 is 0. The average molecular weight is 288 g/mol. The minimum atomic E-state index is 0.534. The minimum absolute atomic E-state index is 0.534. The van der Waals surface area contributed by atoms with Gasteiger partial charge >= 0.3 is 0 Å². The van der Waals surface area contributed by atoms with Crippen LogP contribution in [0.1, 0.15) is 57.9 Å². The van der Waals surface area contributed by atoms with Crippen LogP contribution < -0.4 is 5.73 Å². The van der Waals surface area contributed by atoms with Gasteiger partial charge in [0.15, 0.2) is 0 Å². The molecule has 21 heavy (non-hydrogen) atoms. The molecular formula is C19H32N2. The summed E-state index contributed by atoms with van der Waals surface area (Å²) in [6.07, 6.45) is 5.20. The van der Waals surface area contributed by atoms with Crippen molar-refractivity contribution in [3.8, 4) is 0 Å². The zero-order valence-electron chi connectivity index (χ0n) is 14.0. The van der Waals surface area contributed by atoms with Gasteiger partial charge in [-0.15, -0.1) is 0 Å². The number of hydrogen-bond acceptors (Lipinski definition) is 2. The number of hydrogen-bond donors (Lipinski definition) is 1. The predicted octanol–water partition coefficient (Wildman–Crippen LogP) is 4.02. The van der Waals surface area contributed by atoms with Gasteiger partial charge in [0, 0.05) is 18.6 Å². The number of nitrogens with two attached hydrogens (primary N) is 1. The Balaban J connectivity index is 1.96. The average Bonchev–Trinajstić information content (AvgIpc) is 3.31. The van der Waals surface area contributed by atoms with Crippen molar-refractivity contribution in [2.45, 2.75) is 64.5 Å². The lowest BCUT2D eigenvalue weighted by molar-refractivity contribution is 0.166. The maximum atomic E-state index is 6.13. The van der Waals surface area contributed by atoms with Gasteiger partial charge in [-0.05, 0) is 49.6 Å². The predicted molar refractivity (Wildman–Crippen MR) is 91.5 cm³/mol. The molecule has 1 aliphatic rings. The van der Waals surface area contributed by atoms with Crippen molar-refractivity contribution in [1.29, 1.82) is 0 Å². The molecule has 0 bridgehead atoms. The highest BCUT2D eigenvalue weighted by Gasteiger charge is 2.33. The first-order valence-electron chi connectivity index (χ1n) is 8.62. The quantitative estimate of drug-likeness (QED) is 0.743. The Kier molecular flexibility index (Phi) is 6.25. The minimum Gasteiger partial charge on any atom is -0.329 e. The van der Waals surface area contributed by atoms with Crippen molar-refractivity contribution >= 4 is 0 Å². The molecule has 2 rings (SSSR count). The zero-order valence-corrected chi connectivity index (χ0v) is 14.0. The molecule has 2 N–H and O–H groups in total. The van der Waals surface area contributed by atoms with Gasteiger partial charge in [-0.2, -0.15) is 0 Å². The van der Waals surface area contributed by atoms with E-state index in [0.29, 0.717) is 12.0 Å². The van der Waals surface area contributed by atoms with E-state index in [1.165, 1.54) is 37.8 Å². The summed E-state index contributed by atoms with van der Waals surface area (Å²) in [5.41, 5.74) is 7.57. The van der Waals surface area contributed by atoms with Crippen LogP contribution in [0.2, 0.25) is 0 Å². The van der Waals surface area contributed by atoms with E-state index >= 15 is 0 Å². The third-order valence-electron chi connectivity index (χ3n) is 4.72. The number of nitrogens with zero attached hydrogens (tertiary/aromatic N) is 1. The van der Waals surface area contributed by atoms with Crippen LogP contribution in [0, 0.1) is 5.92 Å². The molecule has 1 saturated carbocycles. The fourth-order valence-electron chi connectivity index (χ4n) is 3.17. The van der Waals surface area contributed by atoms with Crippen LogP contribution in [0.15, 0.2) is 30.3 Å². The van der Waals surface area contributed by atoms with Gasteiger partial charge in [-0.3, -0.25) is 4.90 Å². The fraction of sp³-hybridized carbons (Fsp3) is 0.684. The van der Waals surface area contributed by atoms with Gasteiger partial charge < -0.3 is 5.73 Å². The van der Waals surface area contributed by atoms with E-state index in [9.17, 15) is 0 Å². The summed E-state index contributed by atoms with van der Waals surface area (Å²) in [5.74, 6) is 1.36.